The number of esters is 1. The molecule has 0 unspecified atom stereocenters. The first-order valence-electron chi connectivity index (χ1n) is 20.6. The predicted octanol–water partition coefficient (Wildman–Crippen LogP) is 10.8. The molecule has 7 heteroatoms. The number of hydrogen-bond acceptors (Lipinski definition) is 5. The summed E-state index contributed by atoms with van der Waals surface area (Å²) in [6.07, 6.45) is 22.3. The van der Waals surface area contributed by atoms with E-state index in [2.05, 4.69) is 158 Å². The van der Waals surface area contributed by atoms with Gasteiger partial charge in [0.2, 0.25) is 0 Å². The Morgan fingerprint density at radius 1 is 0.964 bits per heavy atom. The minimum atomic E-state index is -2.61. The summed E-state index contributed by atoms with van der Waals surface area (Å²) in [4.78, 5) is 14.0. The first-order valence-corrected chi connectivity index (χ1v) is 26.0. The molecule has 0 aromatic heterocycles. The lowest BCUT2D eigenvalue weighted by Crippen LogP contribution is -2.66. The molecule has 55 heavy (non-hydrogen) atoms. The van der Waals surface area contributed by atoms with Gasteiger partial charge < -0.3 is 18.6 Å². The van der Waals surface area contributed by atoms with Crippen LogP contribution in [0.15, 0.2) is 121 Å². The van der Waals surface area contributed by atoms with Crippen LogP contribution in [0.1, 0.15) is 79.6 Å². The average molecular weight is 783 g/mol. The Morgan fingerprint density at radius 2 is 1.62 bits per heavy atom. The van der Waals surface area contributed by atoms with E-state index in [9.17, 15) is 4.79 Å². The molecule has 2 aliphatic carbocycles. The van der Waals surface area contributed by atoms with Gasteiger partial charge in [-0.2, -0.15) is 0 Å². The lowest BCUT2D eigenvalue weighted by Gasteiger charge is -2.54. The molecule has 0 bridgehead atoms. The van der Waals surface area contributed by atoms with E-state index in [-0.39, 0.29) is 48.3 Å². The fourth-order valence-corrected chi connectivity index (χ4v) is 15.9. The Labute approximate surface area is 336 Å². The fraction of sp³-hybridized carbons (Fsp3) is 0.521. The highest BCUT2D eigenvalue weighted by molar-refractivity contribution is 6.99. The largest absolute Gasteiger partial charge is 0.461 e. The van der Waals surface area contributed by atoms with E-state index in [0.29, 0.717) is 6.61 Å². The highest BCUT2D eigenvalue weighted by Gasteiger charge is 2.58. The number of carbonyl (C=O) groups excluding carboxylic acids is 1. The number of benzene rings is 2. The second-order valence-corrected chi connectivity index (χ2v) is 27.1. The molecule has 5 nitrogen and oxygen atoms in total. The van der Waals surface area contributed by atoms with Crippen molar-refractivity contribution in [2.45, 2.75) is 110 Å². The topological polar surface area (TPSA) is 54.0 Å². The highest BCUT2D eigenvalue weighted by atomic mass is 28.4. The Bertz CT molecular complexity index is 1590. The van der Waals surface area contributed by atoms with Crippen molar-refractivity contribution in [2.75, 3.05) is 27.1 Å². The molecule has 0 amide bonds. The molecule has 0 radical (unpaired) electrons. The van der Waals surface area contributed by atoms with E-state index in [4.69, 9.17) is 18.6 Å². The van der Waals surface area contributed by atoms with Crippen LogP contribution in [-0.2, 0) is 23.4 Å². The smallest absolute Gasteiger partial charge is 0.313 e. The molecule has 5 atom stereocenters. The van der Waals surface area contributed by atoms with Crippen molar-refractivity contribution < 1.29 is 23.4 Å². The minimum Gasteiger partial charge on any atom is -0.461 e. The van der Waals surface area contributed by atoms with Gasteiger partial charge in [-0.15, -0.1) is 0 Å². The lowest BCUT2D eigenvalue weighted by atomic mass is 9.54. The van der Waals surface area contributed by atoms with Crippen LogP contribution in [0.2, 0.25) is 24.7 Å². The van der Waals surface area contributed by atoms with E-state index in [1.807, 2.05) is 0 Å². The zero-order valence-electron chi connectivity index (χ0n) is 35.4. The molecule has 2 aromatic carbocycles. The molecular formula is C48H70O5Si2. The van der Waals surface area contributed by atoms with Gasteiger partial charge in [-0.05, 0) is 78.8 Å². The maximum Gasteiger partial charge on any atom is 0.313 e. The van der Waals surface area contributed by atoms with Crippen molar-refractivity contribution in [3.63, 3.8) is 0 Å². The SMILES string of the molecule is C=CCOC(=O)[C@@]1(C)[C@@H]2CCC[C@H](OCOC)[C@H]2C([Si](C)(C)C)=C[C@H]1CCCC/C=C/C=C/C(=C\C)CO[Si](c1ccccc1)(c1ccccc1)C(C)(C)C. The monoisotopic (exact) mass is 782 g/mol. The van der Waals surface area contributed by atoms with E-state index < -0.39 is 21.8 Å². The van der Waals surface area contributed by atoms with Crippen LogP contribution in [0.5, 0.6) is 0 Å². The van der Waals surface area contributed by atoms with Gasteiger partial charge in [0, 0.05) is 13.0 Å². The molecule has 2 aliphatic rings. The first kappa shape index (κ1) is 44.6. The highest BCUT2D eigenvalue weighted by Crippen LogP contribution is 2.57. The van der Waals surface area contributed by atoms with E-state index in [1.54, 1.807) is 18.4 Å². The summed E-state index contributed by atoms with van der Waals surface area (Å²) in [5, 5.41) is 4.08. The van der Waals surface area contributed by atoms with Crippen LogP contribution in [0.3, 0.4) is 0 Å². The quantitative estimate of drug-likeness (QED) is 0.0355. The standard InChI is InChI=1S/C48H70O5Si2/c1-11-34-51-46(49)48(6)39(35-44(54(8,9)10)45-42(48)32-25-33-43(45)52-37-50-7)27-20-16-14-13-15-19-26-38(12-2)36-53-55(47(3,4)5,40-28-21-17-22-29-40)41-30-23-18-24-31-41/h11-13,15,17-19,21-24,26,28-31,35,39,42-43,45H,1,14,16,20,25,27,32-34,36-37H2,2-10H3/b15-13+,26-19+,38-12+/t39-,42-,43+,45+,48-/m1/s1. The van der Waals surface area contributed by atoms with Crippen molar-refractivity contribution in [2.24, 2.45) is 23.2 Å². The van der Waals surface area contributed by atoms with Gasteiger partial charge in [0.15, 0.2) is 0 Å². The Morgan fingerprint density at radius 3 is 2.18 bits per heavy atom. The molecule has 0 heterocycles. The van der Waals surface area contributed by atoms with Crippen molar-refractivity contribution in [3.8, 4) is 0 Å². The molecule has 300 valence electrons. The Kier molecular flexibility index (Phi) is 16.5. The van der Waals surface area contributed by atoms with Crippen LogP contribution in [-0.4, -0.2) is 55.6 Å². The third-order valence-electron chi connectivity index (χ3n) is 12.1. The van der Waals surface area contributed by atoms with E-state index in [1.165, 1.54) is 15.9 Å². The summed E-state index contributed by atoms with van der Waals surface area (Å²) in [6, 6.07) is 21.6. The Balaban J connectivity index is 1.43. The van der Waals surface area contributed by atoms with Crippen LogP contribution in [0.25, 0.3) is 0 Å². The van der Waals surface area contributed by atoms with Gasteiger partial charge >= 0.3 is 5.97 Å². The Hall–Kier alpha value is -3.08. The van der Waals surface area contributed by atoms with Crippen LogP contribution in [0, 0.1) is 23.2 Å². The number of rotatable bonds is 19. The van der Waals surface area contributed by atoms with Crippen LogP contribution >= 0.6 is 0 Å². The number of unbranched alkanes of at least 4 members (excludes halogenated alkanes) is 2. The van der Waals surface area contributed by atoms with E-state index in [0.717, 1.165) is 44.9 Å². The first-order chi connectivity index (χ1) is 26.2. The van der Waals surface area contributed by atoms with Crippen molar-refractivity contribution in [1.29, 1.82) is 0 Å². The molecular weight excluding hydrogens is 713 g/mol. The third-order valence-corrected chi connectivity index (χ3v) is 19.3. The third kappa shape index (κ3) is 10.7. The van der Waals surface area contributed by atoms with Gasteiger partial charge in [-0.3, -0.25) is 4.79 Å². The number of methoxy groups -OCH3 is 1. The maximum atomic E-state index is 14.0. The van der Waals surface area contributed by atoms with Gasteiger partial charge in [-0.1, -0.05) is 168 Å². The molecule has 1 saturated carbocycles. The molecule has 0 spiro atoms. The number of hydrogen-bond donors (Lipinski definition) is 0. The second-order valence-electron chi connectivity index (χ2n) is 17.7. The number of ether oxygens (including phenoxy) is 3. The number of carbonyl (C=O) groups is 1. The maximum absolute atomic E-state index is 14.0. The number of fused-ring (bicyclic) bond motifs is 1. The molecule has 4 rings (SSSR count). The van der Waals surface area contributed by atoms with Gasteiger partial charge in [0.1, 0.15) is 13.4 Å². The summed E-state index contributed by atoms with van der Waals surface area (Å²) in [6.45, 7) is 23.4. The normalized spacial score (nSPS) is 23.8. The molecule has 0 saturated heterocycles. The molecule has 1 fully saturated rings. The summed E-state index contributed by atoms with van der Waals surface area (Å²) in [5.41, 5.74) is 0.558. The fourth-order valence-electron chi connectivity index (χ4n) is 9.25. The average Bonchev–Trinajstić information content (AvgIpc) is 3.17. The van der Waals surface area contributed by atoms with Crippen molar-refractivity contribution >= 4 is 32.7 Å². The zero-order chi connectivity index (χ0) is 40.1. The van der Waals surface area contributed by atoms with Crippen molar-refractivity contribution in [1.82, 2.24) is 0 Å². The summed E-state index contributed by atoms with van der Waals surface area (Å²) >= 11 is 0. The van der Waals surface area contributed by atoms with Gasteiger partial charge in [0.05, 0.1) is 26.2 Å². The van der Waals surface area contributed by atoms with Gasteiger partial charge in [0.25, 0.3) is 8.32 Å². The lowest BCUT2D eigenvalue weighted by molar-refractivity contribution is -0.170. The molecule has 0 aliphatic heterocycles. The van der Waals surface area contributed by atoms with E-state index >= 15 is 0 Å². The molecule has 2 aromatic rings. The molecule has 0 N–H and O–H groups in total. The van der Waals surface area contributed by atoms with Gasteiger partial charge in [-0.25, -0.2) is 0 Å². The van der Waals surface area contributed by atoms with Crippen LogP contribution in [0.4, 0.5) is 0 Å². The summed E-state index contributed by atoms with van der Waals surface area (Å²) in [5.74, 6) is 0.447. The predicted molar refractivity (Wildman–Crippen MR) is 236 cm³/mol. The minimum absolute atomic E-state index is 0.0628. The number of allylic oxidation sites excluding steroid dienone is 5. The van der Waals surface area contributed by atoms with Crippen molar-refractivity contribution in [3.05, 3.63) is 121 Å². The van der Waals surface area contributed by atoms with Crippen LogP contribution < -0.4 is 10.4 Å². The zero-order valence-corrected chi connectivity index (χ0v) is 37.4. The summed E-state index contributed by atoms with van der Waals surface area (Å²) in [7, 11) is -2.64. The second kappa shape index (κ2) is 20.4. The summed E-state index contributed by atoms with van der Waals surface area (Å²) < 4.78 is 24.7.